The van der Waals surface area contributed by atoms with Crippen LogP contribution in [0.5, 0.6) is 0 Å². The van der Waals surface area contributed by atoms with E-state index in [9.17, 15) is 9.00 Å². The maximum atomic E-state index is 12.7. The third-order valence-electron chi connectivity index (χ3n) is 5.78. The van der Waals surface area contributed by atoms with Crippen molar-refractivity contribution in [3.63, 3.8) is 0 Å². The number of nitrogens with one attached hydrogen (secondary N) is 1. The quantitative estimate of drug-likeness (QED) is 0.352. The number of carbonyl (C=O) groups excluding carboxylic acids is 1. The van der Waals surface area contributed by atoms with Gasteiger partial charge in [-0.15, -0.1) is 0 Å². The first kappa shape index (κ1) is 23.6. The van der Waals surface area contributed by atoms with Crippen LogP contribution in [0.3, 0.4) is 0 Å². The van der Waals surface area contributed by atoms with Crippen molar-refractivity contribution in [2.24, 2.45) is 0 Å². The van der Waals surface area contributed by atoms with Gasteiger partial charge in [0.05, 0.1) is 22.2 Å². The van der Waals surface area contributed by atoms with Gasteiger partial charge in [0, 0.05) is 22.6 Å². The molecular weight excluding hydrogens is 444 g/mol. The molecule has 0 bridgehead atoms. The van der Waals surface area contributed by atoms with Crippen LogP contribution in [0.2, 0.25) is 0 Å². The average molecular weight is 473 g/mol. The van der Waals surface area contributed by atoms with Gasteiger partial charge in [-0.2, -0.15) is 0 Å². The molecule has 3 aromatic carbocycles. The smallest absolute Gasteiger partial charge is 0.251 e. The first-order chi connectivity index (χ1) is 16.4. The molecule has 4 aromatic rings. The van der Waals surface area contributed by atoms with Gasteiger partial charge in [-0.25, -0.2) is 4.98 Å². The van der Waals surface area contributed by atoms with Crippen molar-refractivity contribution >= 4 is 16.7 Å². The lowest BCUT2D eigenvalue weighted by molar-refractivity contribution is 0.0951. The molecule has 0 spiro atoms. The number of hydrogen-bond acceptors (Lipinski definition) is 4. The third kappa shape index (κ3) is 5.69. The summed E-state index contributed by atoms with van der Waals surface area (Å²) < 4.78 is 18.6. The lowest BCUT2D eigenvalue weighted by Crippen LogP contribution is -2.27. The number of rotatable bonds is 8. The first-order valence-electron chi connectivity index (χ1n) is 11.3. The number of nitrogens with zero attached hydrogens (tertiary/aromatic N) is 1. The van der Waals surface area contributed by atoms with Gasteiger partial charge in [0.25, 0.3) is 5.91 Å². The molecule has 0 radical (unpaired) electrons. The molecular formula is C28H28N2O3S. The Labute approximate surface area is 202 Å². The van der Waals surface area contributed by atoms with E-state index in [1.54, 1.807) is 12.1 Å². The molecule has 5 nitrogen and oxygen atoms in total. The predicted octanol–water partition coefficient (Wildman–Crippen LogP) is 5.80. The summed E-state index contributed by atoms with van der Waals surface area (Å²) in [5, 5.41) is 3.00. The molecule has 0 aliphatic heterocycles. The lowest BCUT2D eigenvalue weighted by Gasteiger charge is -2.13. The van der Waals surface area contributed by atoms with Crippen LogP contribution in [0.15, 0.2) is 88.2 Å². The van der Waals surface area contributed by atoms with Gasteiger partial charge in [-0.05, 0) is 61.7 Å². The number of benzene rings is 3. The Morgan fingerprint density at radius 3 is 2.32 bits per heavy atom. The fourth-order valence-corrected chi connectivity index (χ4v) is 4.72. The molecule has 0 unspecified atom stereocenters. The molecule has 6 heteroatoms. The Morgan fingerprint density at radius 2 is 1.65 bits per heavy atom. The van der Waals surface area contributed by atoms with E-state index in [4.69, 9.17) is 4.42 Å². The van der Waals surface area contributed by atoms with E-state index >= 15 is 0 Å². The van der Waals surface area contributed by atoms with Gasteiger partial charge in [0.1, 0.15) is 5.76 Å². The van der Waals surface area contributed by atoms with E-state index in [1.807, 2.05) is 68.4 Å². The number of aryl methyl sites for hydroxylation is 2. The number of carbonyl (C=O) groups is 1. The molecule has 0 saturated heterocycles. The zero-order valence-electron chi connectivity index (χ0n) is 19.6. The highest BCUT2D eigenvalue weighted by Gasteiger charge is 2.16. The second-order valence-electron chi connectivity index (χ2n) is 8.42. The fraction of sp³-hybridized carbons (Fsp3) is 0.214. The highest BCUT2D eigenvalue weighted by molar-refractivity contribution is 7.84. The molecule has 0 saturated carbocycles. The number of amides is 1. The van der Waals surface area contributed by atoms with Gasteiger partial charge in [-0.3, -0.25) is 9.00 Å². The monoisotopic (exact) mass is 472 g/mol. The van der Waals surface area contributed by atoms with Crippen LogP contribution in [-0.4, -0.2) is 21.6 Å². The Balaban J connectivity index is 1.39. The average Bonchev–Trinajstić information content (AvgIpc) is 3.23. The Morgan fingerprint density at radius 1 is 0.971 bits per heavy atom. The summed E-state index contributed by atoms with van der Waals surface area (Å²) in [5.41, 5.74) is 4.34. The minimum atomic E-state index is -1.20. The Kier molecular flexibility index (Phi) is 7.38. The summed E-state index contributed by atoms with van der Waals surface area (Å²) in [6.45, 7) is 6.48. The molecule has 174 valence electrons. The van der Waals surface area contributed by atoms with Gasteiger partial charge in [0.15, 0.2) is 0 Å². The number of oxazole rings is 1. The molecule has 0 aliphatic carbocycles. The molecule has 1 heterocycles. The van der Waals surface area contributed by atoms with Crippen LogP contribution >= 0.6 is 0 Å². The SMILES string of the molecule is Cc1ccc([S@@](=O)Cc2nc(-c3ccc(C(=O)NC[C@H](C)c4ccccc4)cc3)oc2C)cc1. The second kappa shape index (κ2) is 10.6. The van der Waals surface area contributed by atoms with Crippen LogP contribution in [0.25, 0.3) is 11.5 Å². The fourth-order valence-electron chi connectivity index (χ4n) is 3.59. The van der Waals surface area contributed by atoms with E-state index in [1.165, 1.54) is 5.56 Å². The van der Waals surface area contributed by atoms with E-state index in [0.717, 1.165) is 16.0 Å². The van der Waals surface area contributed by atoms with Crippen molar-refractivity contribution in [3.8, 4) is 11.5 Å². The minimum absolute atomic E-state index is 0.118. The molecule has 4 rings (SSSR count). The third-order valence-corrected chi connectivity index (χ3v) is 7.11. The van der Waals surface area contributed by atoms with Crippen molar-refractivity contribution < 1.29 is 13.4 Å². The van der Waals surface area contributed by atoms with Crippen molar-refractivity contribution in [2.45, 2.75) is 37.3 Å². The van der Waals surface area contributed by atoms with Crippen LogP contribution in [0.4, 0.5) is 0 Å². The molecule has 1 N–H and O–H groups in total. The van der Waals surface area contributed by atoms with E-state index in [-0.39, 0.29) is 11.8 Å². The molecule has 0 fully saturated rings. The second-order valence-corrected chi connectivity index (χ2v) is 9.88. The van der Waals surface area contributed by atoms with Gasteiger partial charge < -0.3 is 9.73 Å². The van der Waals surface area contributed by atoms with Crippen molar-refractivity contribution in [2.75, 3.05) is 6.54 Å². The van der Waals surface area contributed by atoms with Crippen molar-refractivity contribution in [1.29, 1.82) is 0 Å². The van der Waals surface area contributed by atoms with Crippen molar-refractivity contribution in [3.05, 3.63) is 107 Å². The zero-order chi connectivity index (χ0) is 24.1. The van der Waals surface area contributed by atoms with Gasteiger partial charge in [-0.1, -0.05) is 55.0 Å². The Hall–Kier alpha value is -3.51. The zero-order valence-corrected chi connectivity index (χ0v) is 20.4. The van der Waals surface area contributed by atoms with Crippen LogP contribution < -0.4 is 5.32 Å². The maximum Gasteiger partial charge on any atom is 0.251 e. The number of aromatic nitrogens is 1. The summed E-state index contributed by atoms with van der Waals surface area (Å²) >= 11 is 0. The molecule has 0 aliphatic rings. The first-order valence-corrected chi connectivity index (χ1v) is 12.6. The van der Waals surface area contributed by atoms with Gasteiger partial charge in [0.2, 0.25) is 5.89 Å². The molecule has 2 atom stereocenters. The summed E-state index contributed by atoms with van der Waals surface area (Å²) in [4.78, 5) is 17.9. The van der Waals surface area contributed by atoms with E-state index in [2.05, 4.69) is 29.4 Å². The molecule has 1 aromatic heterocycles. The standard InChI is InChI=1S/C28H28N2O3S/c1-19-9-15-25(16-10-19)34(32)18-26-21(3)33-28(30-26)24-13-11-23(12-14-24)27(31)29-17-20(2)22-7-5-4-6-8-22/h4-16,20H,17-18H2,1-3H3,(H,29,31)/t20-,34-/m0/s1. The summed E-state index contributed by atoms with van der Waals surface area (Å²) in [6.07, 6.45) is 0. The van der Waals surface area contributed by atoms with Crippen LogP contribution in [-0.2, 0) is 16.6 Å². The highest BCUT2D eigenvalue weighted by Crippen LogP contribution is 2.24. The lowest BCUT2D eigenvalue weighted by atomic mass is 10.0. The largest absolute Gasteiger partial charge is 0.441 e. The normalized spacial score (nSPS) is 12.8. The van der Waals surface area contributed by atoms with Crippen molar-refractivity contribution in [1.82, 2.24) is 10.3 Å². The van der Waals surface area contributed by atoms with E-state index < -0.39 is 10.8 Å². The minimum Gasteiger partial charge on any atom is -0.441 e. The topological polar surface area (TPSA) is 72.2 Å². The Bertz CT molecular complexity index is 1280. The van der Waals surface area contributed by atoms with Crippen LogP contribution in [0.1, 0.15) is 45.8 Å². The van der Waals surface area contributed by atoms with Crippen LogP contribution in [0, 0.1) is 13.8 Å². The molecule has 1 amide bonds. The predicted molar refractivity (Wildman–Crippen MR) is 135 cm³/mol. The summed E-state index contributed by atoms with van der Waals surface area (Å²) in [7, 11) is -1.20. The highest BCUT2D eigenvalue weighted by atomic mass is 32.2. The van der Waals surface area contributed by atoms with Gasteiger partial charge >= 0.3 is 0 Å². The summed E-state index contributed by atoms with van der Waals surface area (Å²) in [5.74, 6) is 1.50. The maximum absolute atomic E-state index is 12.7. The summed E-state index contributed by atoms with van der Waals surface area (Å²) in [6, 6.07) is 25.0. The van der Waals surface area contributed by atoms with E-state index in [0.29, 0.717) is 35.2 Å². The number of hydrogen-bond donors (Lipinski definition) is 1. The molecule has 34 heavy (non-hydrogen) atoms.